The molecule has 5 rings (SSSR count). The first kappa shape index (κ1) is 22.0. The highest BCUT2D eigenvalue weighted by molar-refractivity contribution is 6.31. The second kappa shape index (κ2) is 10.4. The first-order valence-corrected chi connectivity index (χ1v) is 13.2. The Balaban J connectivity index is 1.29. The van der Waals surface area contributed by atoms with Gasteiger partial charge in [0.2, 0.25) is 0 Å². The average molecular weight is 449 g/mol. The molecule has 0 unspecified atom stereocenters. The number of halogens is 1. The molecule has 1 saturated carbocycles. The van der Waals surface area contributed by atoms with Crippen molar-refractivity contribution in [1.29, 1.82) is 0 Å². The van der Waals surface area contributed by atoms with E-state index in [9.17, 15) is 0 Å². The fourth-order valence-corrected chi connectivity index (χ4v) is 6.21. The Morgan fingerprint density at radius 1 is 0.812 bits per heavy atom. The van der Waals surface area contributed by atoms with Crippen molar-refractivity contribution in [2.45, 2.75) is 70.3 Å². The summed E-state index contributed by atoms with van der Waals surface area (Å²) < 4.78 is 2.41. The topological polar surface area (TPSA) is 8.17 Å². The van der Waals surface area contributed by atoms with E-state index in [-0.39, 0.29) is 0 Å². The van der Waals surface area contributed by atoms with Crippen molar-refractivity contribution in [2.24, 2.45) is 5.92 Å². The minimum Gasteiger partial charge on any atom is -0.343 e. The fourth-order valence-electron chi connectivity index (χ4n) is 6.04. The van der Waals surface area contributed by atoms with Gasteiger partial charge in [-0.3, -0.25) is 0 Å². The van der Waals surface area contributed by atoms with Gasteiger partial charge in [0.15, 0.2) is 0 Å². The predicted octanol–water partition coefficient (Wildman–Crippen LogP) is 7.88. The van der Waals surface area contributed by atoms with Crippen LogP contribution < -0.4 is 0 Å². The maximum atomic E-state index is 6.40. The van der Waals surface area contributed by atoms with Gasteiger partial charge in [-0.25, -0.2) is 0 Å². The maximum absolute atomic E-state index is 6.40. The van der Waals surface area contributed by atoms with Crippen LogP contribution in [0.5, 0.6) is 0 Å². The number of hydrogen-bond donors (Lipinski definition) is 0. The molecule has 170 valence electrons. The number of nitrogens with zero attached hydrogens (tertiary/aromatic N) is 2. The van der Waals surface area contributed by atoms with E-state index in [0.29, 0.717) is 5.92 Å². The zero-order valence-corrected chi connectivity index (χ0v) is 20.1. The molecular formula is C29H37ClN2. The maximum Gasteiger partial charge on any atom is 0.0501 e. The summed E-state index contributed by atoms with van der Waals surface area (Å²) in [7, 11) is 0. The summed E-state index contributed by atoms with van der Waals surface area (Å²) in [4.78, 5) is 2.77. The number of benzene rings is 2. The molecule has 1 aromatic heterocycles. The monoisotopic (exact) mass is 448 g/mol. The number of aromatic nitrogens is 1. The van der Waals surface area contributed by atoms with Crippen LogP contribution >= 0.6 is 11.6 Å². The molecule has 0 atom stereocenters. The Labute approximate surface area is 198 Å². The molecule has 3 heteroatoms. The molecular weight excluding hydrogens is 412 g/mol. The summed E-state index contributed by atoms with van der Waals surface area (Å²) in [6, 6.07) is 17.2. The number of piperidine rings is 1. The Kier molecular flexibility index (Phi) is 7.19. The Hall–Kier alpha value is -1.77. The lowest BCUT2D eigenvalue weighted by Gasteiger charge is -2.35. The fraction of sp³-hybridized carbons (Fsp3) is 0.517. The van der Waals surface area contributed by atoms with Gasteiger partial charge in [-0.1, -0.05) is 80.1 Å². The zero-order chi connectivity index (χ0) is 21.8. The normalized spacial score (nSPS) is 19.8. The van der Waals surface area contributed by atoms with E-state index in [1.165, 1.54) is 99.5 Å². The molecule has 0 radical (unpaired) electrons. The SMILES string of the molecule is Clc1ccc2c(C3CCN(CC4CCCCCCC4)CC3)cn(Cc3ccccc3)c2c1. The minimum atomic E-state index is 0.657. The summed E-state index contributed by atoms with van der Waals surface area (Å²) in [5, 5.41) is 2.22. The Bertz CT molecular complexity index is 993. The average Bonchev–Trinajstić information content (AvgIpc) is 3.14. The van der Waals surface area contributed by atoms with Crippen LogP contribution in [0.25, 0.3) is 10.9 Å². The molecule has 2 fully saturated rings. The second-order valence-electron chi connectivity index (χ2n) is 10.1. The van der Waals surface area contributed by atoms with Crippen LogP contribution in [0.15, 0.2) is 54.7 Å². The van der Waals surface area contributed by atoms with Crippen molar-refractivity contribution in [1.82, 2.24) is 9.47 Å². The minimum absolute atomic E-state index is 0.657. The van der Waals surface area contributed by atoms with Crippen molar-refractivity contribution in [3.05, 3.63) is 70.9 Å². The molecule has 32 heavy (non-hydrogen) atoms. The molecule has 0 bridgehead atoms. The second-order valence-corrected chi connectivity index (χ2v) is 10.6. The number of rotatable bonds is 5. The van der Waals surface area contributed by atoms with Gasteiger partial charge in [0.1, 0.15) is 0 Å². The quantitative estimate of drug-likeness (QED) is 0.385. The van der Waals surface area contributed by atoms with E-state index in [0.717, 1.165) is 17.5 Å². The molecule has 2 nitrogen and oxygen atoms in total. The lowest BCUT2D eigenvalue weighted by atomic mass is 9.87. The third-order valence-electron chi connectivity index (χ3n) is 7.84. The largest absolute Gasteiger partial charge is 0.343 e. The van der Waals surface area contributed by atoms with E-state index in [1.54, 1.807) is 0 Å². The van der Waals surface area contributed by atoms with Crippen LogP contribution in [-0.4, -0.2) is 29.1 Å². The highest BCUT2D eigenvalue weighted by Crippen LogP contribution is 2.36. The van der Waals surface area contributed by atoms with Crippen LogP contribution in [0.3, 0.4) is 0 Å². The van der Waals surface area contributed by atoms with Crippen LogP contribution in [0.1, 0.15) is 74.8 Å². The van der Waals surface area contributed by atoms with E-state index in [1.807, 2.05) is 0 Å². The highest BCUT2D eigenvalue weighted by Gasteiger charge is 2.25. The summed E-state index contributed by atoms with van der Waals surface area (Å²) >= 11 is 6.40. The van der Waals surface area contributed by atoms with Gasteiger partial charge in [0, 0.05) is 29.7 Å². The van der Waals surface area contributed by atoms with E-state index in [4.69, 9.17) is 11.6 Å². The number of likely N-dealkylation sites (tertiary alicyclic amines) is 1. The van der Waals surface area contributed by atoms with Crippen LogP contribution in [0, 0.1) is 5.92 Å². The van der Waals surface area contributed by atoms with Gasteiger partial charge in [0.05, 0.1) is 5.52 Å². The first-order valence-electron chi connectivity index (χ1n) is 12.8. The van der Waals surface area contributed by atoms with Crippen molar-refractivity contribution >= 4 is 22.5 Å². The summed E-state index contributed by atoms with van der Waals surface area (Å²) in [6.07, 6.45) is 15.1. The molecule has 2 aromatic carbocycles. The van der Waals surface area contributed by atoms with Gasteiger partial charge in [-0.05, 0) is 73.9 Å². The van der Waals surface area contributed by atoms with Gasteiger partial charge >= 0.3 is 0 Å². The third-order valence-corrected chi connectivity index (χ3v) is 8.07. The third kappa shape index (κ3) is 5.24. The van der Waals surface area contributed by atoms with E-state index < -0.39 is 0 Å². The van der Waals surface area contributed by atoms with Gasteiger partial charge < -0.3 is 9.47 Å². The predicted molar refractivity (Wildman–Crippen MR) is 137 cm³/mol. The van der Waals surface area contributed by atoms with Crippen LogP contribution in [0.4, 0.5) is 0 Å². The van der Waals surface area contributed by atoms with Gasteiger partial charge in [-0.2, -0.15) is 0 Å². The summed E-state index contributed by atoms with van der Waals surface area (Å²) in [6.45, 7) is 4.73. The smallest absolute Gasteiger partial charge is 0.0501 e. The molecule has 2 heterocycles. The first-order chi connectivity index (χ1) is 15.8. The van der Waals surface area contributed by atoms with Crippen molar-refractivity contribution in [3.63, 3.8) is 0 Å². The lowest BCUT2D eigenvalue weighted by Crippen LogP contribution is -2.36. The van der Waals surface area contributed by atoms with Gasteiger partial charge in [0.25, 0.3) is 0 Å². The van der Waals surface area contributed by atoms with Crippen molar-refractivity contribution in [3.8, 4) is 0 Å². The summed E-state index contributed by atoms with van der Waals surface area (Å²) in [5.41, 5.74) is 4.14. The van der Waals surface area contributed by atoms with E-state index in [2.05, 4.69) is 64.2 Å². The van der Waals surface area contributed by atoms with Crippen molar-refractivity contribution in [2.75, 3.05) is 19.6 Å². The van der Waals surface area contributed by atoms with E-state index >= 15 is 0 Å². The molecule has 0 N–H and O–H groups in total. The van der Waals surface area contributed by atoms with Crippen molar-refractivity contribution < 1.29 is 0 Å². The molecule has 0 amide bonds. The molecule has 2 aliphatic rings. The zero-order valence-electron chi connectivity index (χ0n) is 19.3. The standard InChI is InChI=1S/C29H37ClN2/c30-26-13-14-27-28(22-32(29(27)19-26)21-24-11-7-4-8-12-24)25-15-17-31(18-16-25)20-23-9-5-2-1-3-6-10-23/h4,7-8,11-14,19,22-23,25H,1-3,5-6,9-10,15-18,20-21H2. The molecule has 3 aromatic rings. The molecule has 1 aliphatic carbocycles. The van der Waals surface area contributed by atoms with Crippen LogP contribution in [-0.2, 0) is 6.54 Å². The summed E-state index contributed by atoms with van der Waals surface area (Å²) in [5.74, 6) is 1.59. The molecule has 1 aliphatic heterocycles. The number of hydrogen-bond acceptors (Lipinski definition) is 1. The Morgan fingerprint density at radius 3 is 2.28 bits per heavy atom. The highest BCUT2D eigenvalue weighted by atomic mass is 35.5. The lowest BCUT2D eigenvalue weighted by molar-refractivity contribution is 0.169. The van der Waals surface area contributed by atoms with Crippen LogP contribution in [0.2, 0.25) is 5.02 Å². The molecule has 0 spiro atoms. The Morgan fingerprint density at radius 2 is 1.53 bits per heavy atom. The number of fused-ring (bicyclic) bond motifs is 1. The van der Waals surface area contributed by atoms with Gasteiger partial charge in [-0.15, -0.1) is 0 Å². The molecule has 1 saturated heterocycles.